The van der Waals surface area contributed by atoms with E-state index in [-0.39, 0.29) is 0 Å². The van der Waals surface area contributed by atoms with Gasteiger partial charge in [0.15, 0.2) is 0 Å². The zero-order valence-electron chi connectivity index (χ0n) is 10.8. The zero-order chi connectivity index (χ0) is 11.2. The molecule has 2 heteroatoms. The monoisotopic (exact) mass is 222 g/mol. The summed E-state index contributed by atoms with van der Waals surface area (Å²) in [6.45, 7) is 2.36. The molecule has 2 nitrogen and oxygen atoms in total. The predicted octanol–water partition coefficient (Wildman–Crippen LogP) is 2.11. The highest BCUT2D eigenvalue weighted by atomic mass is 15.1. The van der Waals surface area contributed by atoms with E-state index in [2.05, 4.69) is 24.3 Å². The molecular formula is C14H26N2. The molecule has 0 saturated heterocycles. The first kappa shape index (κ1) is 11.0. The molecule has 0 aromatic heterocycles. The van der Waals surface area contributed by atoms with Gasteiger partial charge in [-0.3, -0.25) is 0 Å². The van der Waals surface area contributed by atoms with Gasteiger partial charge in [-0.15, -0.1) is 0 Å². The molecule has 0 aliphatic heterocycles. The first-order valence-corrected chi connectivity index (χ1v) is 7.05. The molecule has 0 atom stereocenters. The molecule has 1 N–H and O–H groups in total. The average Bonchev–Trinajstić information content (AvgIpc) is 2.13. The van der Waals surface area contributed by atoms with Gasteiger partial charge in [-0.25, -0.2) is 0 Å². The summed E-state index contributed by atoms with van der Waals surface area (Å²) in [6, 6.07) is 0. The second-order valence-corrected chi connectivity index (χ2v) is 6.93. The molecule has 0 heterocycles. The van der Waals surface area contributed by atoms with Crippen LogP contribution in [0.4, 0.5) is 0 Å². The van der Waals surface area contributed by atoms with Gasteiger partial charge in [0, 0.05) is 18.6 Å². The molecule has 0 radical (unpaired) electrons. The van der Waals surface area contributed by atoms with Crippen molar-refractivity contribution in [2.45, 2.75) is 44.1 Å². The molecule has 4 aliphatic carbocycles. The standard InChI is InChI=1S/C14H26N2/c1-16(2)4-3-15-14-8-11-5-12(9-14)7-13(6-11)10-14/h11-13,15H,3-10H2,1-2H3. The van der Waals surface area contributed by atoms with Crippen molar-refractivity contribution in [3.8, 4) is 0 Å². The SMILES string of the molecule is CN(C)CCNC12CC3CC(CC(C3)C1)C2. The summed E-state index contributed by atoms with van der Waals surface area (Å²) < 4.78 is 0. The number of rotatable bonds is 4. The van der Waals surface area contributed by atoms with E-state index in [1.54, 1.807) is 19.3 Å². The third-order valence-corrected chi connectivity index (χ3v) is 5.10. The van der Waals surface area contributed by atoms with Gasteiger partial charge in [0.1, 0.15) is 0 Å². The topological polar surface area (TPSA) is 15.3 Å². The number of nitrogens with one attached hydrogen (secondary N) is 1. The van der Waals surface area contributed by atoms with Crippen molar-refractivity contribution in [2.24, 2.45) is 17.8 Å². The van der Waals surface area contributed by atoms with E-state index >= 15 is 0 Å². The van der Waals surface area contributed by atoms with Gasteiger partial charge in [0.25, 0.3) is 0 Å². The molecular weight excluding hydrogens is 196 g/mol. The Kier molecular flexibility index (Phi) is 2.75. The third-order valence-electron chi connectivity index (χ3n) is 5.10. The largest absolute Gasteiger partial charge is 0.310 e. The number of nitrogens with zero attached hydrogens (tertiary/aromatic N) is 1. The van der Waals surface area contributed by atoms with E-state index in [1.165, 1.54) is 32.4 Å². The van der Waals surface area contributed by atoms with Crippen LogP contribution < -0.4 is 5.32 Å². The lowest BCUT2D eigenvalue weighted by Gasteiger charge is -2.57. The Morgan fingerprint density at radius 2 is 1.50 bits per heavy atom. The summed E-state index contributed by atoms with van der Waals surface area (Å²) in [5, 5.41) is 3.92. The van der Waals surface area contributed by atoms with Gasteiger partial charge in [-0.1, -0.05) is 0 Å². The van der Waals surface area contributed by atoms with Crippen LogP contribution in [0.2, 0.25) is 0 Å². The normalized spacial score (nSPS) is 45.6. The van der Waals surface area contributed by atoms with Crippen LogP contribution in [0.5, 0.6) is 0 Å². The summed E-state index contributed by atoms with van der Waals surface area (Å²) >= 11 is 0. The lowest BCUT2D eigenvalue weighted by Crippen LogP contribution is -2.59. The highest BCUT2D eigenvalue weighted by Crippen LogP contribution is 2.55. The maximum Gasteiger partial charge on any atom is 0.0190 e. The van der Waals surface area contributed by atoms with E-state index in [1.807, 2.05) is 0 Å². The Balaban J connectivity index is 1.60. The van der Waals surface area contributed by atoms with Crippen molar-refractivity contribution >= 4 is 0 Å². The summed E-state index contributed by atoms with van der Waals surface area (Å²) in [4.78, 5) is 2.29. The molecule has 4 aliphatic rings. The third kappa shape index (κ3) is 2.02. The molecule has 0 unspecified atom stereocenters. The van der Waals surface area contributed by atoms with Crippen molar-refractivity contribution in [3.05, 3.63) is 0 Å². The Hall–Kier alpha value is -0.0800. The highest BCUT2D eigenvalue weighted by molar-refractivity contribution is 5.06. The molecule has 0 aromatic rings. The number of likely N-dealkylation sites (N-methyl/N-ethyl adjacent to an activating group) is 1. The van der Waals surface area contributed by atoms with Gasteiger partial charge in [-0.2, -0.15) is 0 Å². The minimum atomic E-state index is 0.560. The first-order valence-electron chi connectivity index (χ1n) is 7.05. The minimum Gasteiger partial charge on any atom is -0.310 e. The van der Waals surface area contributed by atoms with Crippen molar-refractivity contribution in [1.29, 1.82) is 0 Å². The Morgan fingerprint density at radius 1 is 1.00 bits per heavy atom. The molecule has 0 amide bonds. The Bertz CT molecular complexity index is 224. The molecule has 0 spiro atoms. The average molecular weight is 222 g/mol. The van der Waals surface area contributed by atoms with Gasteiger partial charge < -0.3 is 10.2 Å². The molecule has 4 bridgehead atoms. The van der Waals surface area contributed by atoms with Crippen LogP contribution in [-0.4, -0.2) is 37.6 Å². The zero-order valence-corrected chi connectivity index (χ0v) is 10.8. The van der Waals surface area contributed by atoms with Gasteiger partial charge >= 0.3 is 0 Å². The van der Waals surface area contributed by atoms with Crippen LogP contribution in [0, 0.1) is 17.8 Å². The molecule has 16 heavy (non-hydrogen) atoms. The minimum absolute atomic E-state index is 0.560. The predicted molar refractivity (Wildman–Crippen MR) is 67.5 cm³/mol. The highest BCUT2D eigenvalue weighted by Gasteiger charge is 2.50. The van der Waals surface area contributed by atoms with Crippen LogP contribution in [0.1, 0.15) is 38.5 Å². The van der Waals surface area contributed by atoms with Crippen LogP contribution in [-0.2, 0) is 0 Å². The van der Waals surface area contributed by atoms with Gasteiger partial charge in [0.2, 0.25) is 0 Å². The molecule has 4 rings (SSSR count). The number of hydrogen-bond donors (Lipinski definition) is 1. The van der Waals surface area contributed by atoms with E-state index in [0.717, 1.165) is 17.8 Å². The van der Waals surface area contributed by atoms with Crippen LogP contribution in [0.25, 0.3) is 0 Å². The van der Waals surface area contributed by atoms with E-state index < -0.39 is 0 Å². The molecule has 92 valence electrons. The maximum absolute atomic E-state index is 3.92. The van der Waals surface area contributed by atoms with Gasteiger partial charge in [0.05, 0.1) is 0 Å². The van der Waals surface area contributed by atoms with Crippen LogP contribution >= 0.6 is 0 Å². The van der Waals surface area contributed by atoms with Crippen molar-refractivity contribution in [2.75, 3.05) is 27.2 Å². The number of hydrogen-bond acceptors (Lipinski definition) is 2. The second kappa shape index (κ2) is 3.99. The maximum atomic E-state index is 3.92. The Morgan fingerprint density at radius 3 is 1.94 bits per heavy atom. The van der Waals surface area contributed by atoms with Crippen LogP contribution in [0.3, 0.4) is 0 Å². The molecule has 0 aromatic carbocycles. The molecule has 4 fully saturated rings. The fourth-order valence-electron chi connectivity index (χ4n) is 4.87. The van der Waals surface area contributed by atoms with Crippen molar-refractivity contribution in [3.63, 3.8) is 0 Å². The smallest absolute Gasteiger partial charge is 0.0190 e. The van der Waals surface area contributed by atoms with E-state index in [0.29, 0.717) is 5.54 Å². The lowest BCUT2D eigenvalue weighted by molar-refractivity contribution is -0.0199. The quantitative estimate of drug-likeness (QED) is 0.784. The van der Waals surface area contributed by atoms with Crippen molar-refractivity contribution < 1.29 is 0 Å². The summed E-state index contributed by atoms with van der Waals surface area (Å²) in [6.07, 6.45) is 9.09. The van der Waals surface area contributed by atoms with E-state index in [9.17, 15) is 0 Å². The van der Waals surface area contributed by atoms with Crippen LogP contribution in [0.15, 0.2) is 0 Å². The lowest BCUT2D eigenvalue weighted by atomic mass is 9.53. The fraction of sp³-hybridized carbons (Fsp3) is 1.00. The summed E-state index contributed by atoms with van der Waals surface area (Å²) in [5.74, 6) is 3.20. The molecule has 4 saturated carbocycles. The second-order valence-electron chi connectivity index (χ2n) is 6.93. The van der Waals surface area contributed by atoms with Crippen molar-refractivity contribution in [1.82, 2.24) is 10.2 Å². The fourth-order valence-corrected chi connectivity index (χ4v) is 4.87. The summed E-state index contributed by atoms with van der Waals surface area (Å²) in [7, 11) is 4.34. The summed E-state index contributed by atoms with van der Waals surface area (Å²) in [5.41, 5.74) is 0.560. The van der Waals surface area contributed by atoms with E-state index in [4.69, 9.17) is 0 Å². The van der Waals surface area contributed by atoms with Gasteiger partial charge in [-0.05, 0) is 70.4 Å². The first-order chi connectivity index (χ1) is 7.65. The Labute approximate surface area is 99.8 Å².